The fraction of sp³-hybridized carbons (Fsp3) is 0.562. The van der Waals surface area contributed by atoms with Crippen molar-refractivity contribution in [3.8, 4) is 0 Å². The van der Waals surface area contributed by atoms with Crippen LogP contribution in [0.25, 0.3) is 6.08 Å². The molecule has 0 spiro atoms. The molecule has 0 bridgehead atoms. The van der Waals surface area contributed by atoms with Gasteiger partial charge in [0.25, 0.3) is 0 Å². The zero-order chi connectivity index (χ0) is 17.4. The van der Waals surface area contributed by atoms with E-state index in [0.29, 0.717) is 11.4 Å². The molecule has 7 heteroatoms. The molecule has 2 heterocycles. The smallest absolute Gasteiger partial charge is 0.420 e. The van der Waals surface area contributed by atoms with Crippen molar-refractivity contribution in [1.82, 2.24) is 14.5 Å². The van der Waals surface area contributed by atoms with Gasteiger partial charge in [0.15, 0.2) is 0 Å². The van der Waals surface area contributed by atoms with E-state index in [4.69, 9.17) is 9.47 Å². The molecular weight excluding hydrogens is 298 g/mol. The molecule has 1 amide bonds. The van der Waals surface area contributed by atoms with Crippen molar-refractivity contribution in [2.75, 3.05) is 0 Å². The van der Waals surface area contributed by atoms with Crippen LogP contribution in [0.4, 0.5) is 9.59 Å². The fourth-order valence-corrected chi connectivity index (χ4v) is 1.97. The van der Waals surface area contributed by atoms with E-state index >= 15 is 0 Å². The Morgan fingerprint density at radius 1 is 1.04 bits per heavy atom. The van der Waals surface area contributed by atoms with Crippen LogP contribution in [0, 0.1) is 0 Å². The average Bonchev–Trinajstić information content (AvgIpc) is 2.77. The molecule has 0 saturated carbocycles. The first kappa shape index (κ1) is 17.1. The molecule has 0 radical (unpaired) electrons. The van der Waals surface area contributed by atoms with Crippen LogP contribution in [0.1, 0.15) is 52.9 Å². The number of rotatable bonds is 0. The highest BCUT2D eigenvalue weighted by Gasteiger charge is 2.28. The SMILES string of the molecule is CC(C)(C)OC(=O)N1C=Cc2ncn(C(=O)OC(C)(C)C)c2C1. The summed E-state index contributed by atoms with van der Waals surface area (Å²) in [4.78, 5) is 30.0. The van der Waals surface area contributed by atoms with Crippen LogP contribution in [0.2, 0.25) is 0 Å². The van der Waals surface area contributed by atoms with E-state index in [2.05, 4.69) is 4.98 Å². The van der Waals surface area contributed by atoms with E-state index < -0.39 is 23.4 Å². The van der Waals surface area contributed by atoms with Gasteiger partial charge in [0.2, 0.25) is 0 Å². The lowest BCUT2D eigenvalue weighted by atomic mass is 10.2. The number of imidazole rings is 1. The number of amides is 1. The number of hydrogen-bond acceptors (Lipinski definition) is 5. The Bertz CT molecular complexity index is 647. The van der Waals surface area contributed by atoms with Gasteiger partial charge in [0.1, 0.15) is 17.5 Å². The molecule has 7 nitrogen and oxygen atoms in total. The minimum atomic E-state index is -0.608. The normalized spacial score (nSPS) is 14.4. The fourth-order valence-electron chi connectivity index (χ4n) is 1.97. The van der Waals surface area contributed by atoms with Gasteiger partial charge in [-0.15, -0.1) is 0 Å². The van der Waals surface area contributed by atoms with E-state index in [1.807, 2.05) is 0 Å². The molecule has 0 fully saturated rings. The Labute approximate surface area is 135 Å². The summed E-state index contributed by atoms with van der Waals surface area (Å²) >= 11 is 0. The zero-order valence-electron chi connectivity index (χ0n) is 14.4. The second kappa shape index (κ2) is 5.72. The third kappa shape index (κ3) is 4.34. The first-order valence-electron chi connectivity index (χ1n) is 7.44. The summed E-state index contributed by atoms with van der Waals surface area (Å²) in [5, 5.41) is 0. The third-order valence-corrected chi connectivity index (χ3v) is 2.85. The first-order valence-corrected chi connectivity index (χ1v) is 7.44. The van der Waals surface area contributed by atoms with Crippen LogP contribution in [0.5, 0.6) is 0 Å². The molecule has 1 aromatic heterocycles. The molecule has 0 N–H and O–H groups in total. The van der Waals surface area contributed by atoms with Gasteiger partial charge >= 0.3 is 12.2 Å². The standard InChI is InChI=1S/C16H23N3O4/c1-15(2,3)22-13(20)18-8-7-11-12(9-18)19(10-17-11)14(21)23-16(4,5)6/h7-8,10H,9H2,1-6H3. The summed E-state index contributed by atoms with van der Waals surface area (Å²) in [6.45, 7) is 11.0. The predicted molar refractivity (Wildman–Crippen MR) is 84.7 cm³/mol. The molecule has 1 aliphatic rings. The summed E-state index contributed by atoms with van der Waals surface area (Å²) in [7, 11) is 0. The Balaban J connectivity index is 2.18. The second-order valence-electron chi connectivity index (χ2n) is 7.35. The van der Waals surface area contributed by atoms with Crippen LogP contribution in [-0.2, 0) is 16.0 Å². The van der Waals surface area contributed by atoms with Crippen LogP contribution >= 0.6 is 0 Å². The van der Waals surface area contributed by atoms with Gasteiger partial charge in [-0.05, 0) is 47.6 Å². The number of nitrogens with zero attached hydrogens (tertiary/aromatic N) is 3. The summed E-state index contributed by atoms with van der Waals surface area (Å²) in [5.74, 6) is 0. The van der Waals surface area contributed by atoms with Gasteiger partial charge in [-0.2, -0.15) is 0 Å². The molecule has 126 valence electrons. The lowest BCUT2D eigenvalue weighted by Gasteiger charge is -2.27. The number of aromatic nitrogens is 2. The summed E-state index contributed by atoms with van der Waals surface area (Å²) < 4.78 is 12.0. The van der Waals surface area contributed by atoms with Gasteiger partial charge < -0.3 is 9.47 Å². The molecule has 0 saturated heterocycles. The van der Waals surface area contributed by atoms with Gasteiger partial charge in [0, 0.05) is 6.20 Å². The Morgan fingerprint density at radius 3 is 2.17 bits per heavy atom. The molecular formula is C16H23N3O4. The molecule has 1 aromatic rings. The minimum Gasteiger partial charge on any atom is -0.443 e. The Kier molecular flexibility index (Phi) is 4.24. The van der Waals surface area contributed by atoms with Crippen molar-refractivity contribution < 1.29 is 19.1 Å². The van der Waals surface area contributed by atoms with Crippen LogP contribution in [0.15, 0.2) is 12.5 Å². The van der Waals surface area contributed by atoms with Gasteiger partial charge in [-0.3, -0.25) is 4.90 Å². The topological polar surface area (TPSA) is 73.7 Å². The zero-order valence-corrected chi connectivity index (χ0v) is 14.4. The molecule has 0 aromatic carbocycles. The maximum absolute atomic E-state index is 12.2. The van der Waals surface area contributed by atoms with E-state index in [-0.39, 0.29) is 6.54 Å². The monoisotopic (exact) mass is 321 g/mol. The number of carbonyl (C=O) groups excluding carboxylic acids is 2. The van der Waals surface area contributed by atoms with Gasteiger partial charge in [-0.1, -0.05) is 0 Å². The lowest BCUT2D eigenvalue weighted by molar-refractivity contribution is 0.0311. The van der Waals surface area contributed by atoms with Crippen molar-refractivity contribution in [1.29, 1.82) is 0 Å². The van der Waals surface area contributed by atoms with E-state index in [0.717, 1.165) is 0 Å². The summed E-state index contributed by atoms with van der Waals surface area (Å²) in [5.41, 5.74) is 0.0310. The molecule has 1 aliphatic heterocycles. The van der Waals surface area contributed by atoms with Crippen molar-refractivity contribution in [2.24, 2.45) is 0 Å². The van der Waals surface area contributed by atoms with Crippen LogP contribution < -0.4 is 0 Å². The minimum absolute atomic E-state index is 0.194. The van der Waals surface area contributed by atoms with Crippen LogP contribution in [-0.4, -0.2) is 37.8 Å². The molecule has 0 unspecified atom stereocenters. The summed E-state index contributed by atoms with van der Waals surface area (Å²) in [6.07, 6.45) is 3.68. The lowest BCUT2D eigenvalue weighted by Crippen LogP contribution is -2.35. The highest BCUT2D eigenvalue weighted by Crippen LogP contribution is 2.22. The average molecular weight is 321 g/mol. The van der Waals surface area contributed by atoms with Crippen molar-refractivity contribution >= 4 is 18.3 Å². The van der Waals surface area contributed by atoms with E-state index in [1.165, 1.54) is 15.8 Å². The largest absolute Gasteiger partial charge is 0.443 e. The number of ether oxygens (including phenoxy) is 2. The Hall–Kier alpha value is -2.31. The number of fused-ring (bicyclic) bond motifs is 1. The quantitative estimate of drug-likeness (QED) is 0.732. The maximum atomic E-state index is 12.2. The number of hydrogen-bond donors (Lipinski definition) is 0. The molecule has 0 atom stereocenters. The van der Waals surface area contributed by atoms with Gasteiger partial charge in [-0.25, -0.2) is 19.1 Å². The van der Waals surface area contributed by atoms with Gasteiger partial charge in [0.05, 0.1) is 17.9 Å². The maximum Gasteiger partial charge on any atom is 0.420 e. The van der Waals surface area contributed by atoms with E-state index in [1.54, 1.807) is 53.8 Å². The second-order valence-corrected chi connectivity index (χ2v) is 7.35. The van der Waals surface area contributed by atoms with Crippen molar-refractivity contribution in [3.63, 3.8) is 0 Å². The predicted octanol–water partition coefficient (Wildman–Crippen LogP) is 3.39. The summed E-state index contributed by atoms with van der Waals surface area (Å²) in [6, 6.07) is 0. The van der Waals surface area contributed by atoms with E-state index in [9.17, 15) is 9.59 Å². The number of carbonyl (C=O) groups is 2. The molecule has 2 rings (SSSR count). The first-order chi connectivity index (χ1) is 10.5. The highest BCUT2D eigenvalue weighted by atomic mass is 16.6. The van der Waals surface area contributed by atoms with Crippen molar-refractivity contribution in [3.05, 3.63) is 23.9 Å². The highest BCUT2D eigenvalue weighted by molar-refractivity contribution is 5.76. The van der Waals surface area contributed by atoms with Crippen LogP contribution in [0.3, 0.4) is 0 Å². The Morgan fingerprint density at radius 2 is 1.61 bits per heavy atom. The third-order valence-electron chi connectivity index (χ3n) is 2.85. The molecule has 23 heavy (non-hydrogen) atoms. The van der Waals surface area contributed by atoms with Crippen molar-refractivity contribution in [2.45, 2.75) is 59.3 Å². The molecule has 0 aliphatic carbocycles.